The van der Waals surface area contributed by atoms with Gasteiger partial charge in [-0.25, -0.2) is 14.8 Å². The molecule has 1 aliphatic rings. The minimum absolute atomic E-state index is 0.0356. The average Bonchev–Trinajstić information content (AvgIpc) is 2.45. The van der Waals surface area contributed by atoms with Crippen LogP contribution >= 0.6 is 0 Å². The predicted molar refractivity (Wildman–Crippen MR) is 65.6 cm³/mol. The Morgan fingerprint density at radius 1 is 1.58 bits per heavy atom. The maximum Gasteiger partial charge on any atom is 0.329 e. The lowest BCUT2D eigenvalue weighted by Crippen LogP contribution is -2.38. The number of hydrogen-bond acceptors (Lipinski definition) is 6. The predicted octanol–water partition coefficient (Wildman–Crippen LogP) is 0.418. The fraction of sp³-hybridized carbons (Fsp3) is 0.500. The molecule has 2 heterocycles. The summed E-state index contributed by atoms with van der Waals surface area (Å²) in [5.41, 5.74) is 0.342. The third-order valence-corrected chi connectivity index (χ3v) is 2.92. The number of rotatable bonds is 4. The quantitative estimate of drug-likeness (QED) is 0.839. The second-order valence-corrected chi connectivity index (χ2v) is 4.24. The lowest BCUT2D eigenvalue weighted by molar-refractivity contribution is -0.144. The van der Waals surface area contributed by atoms with Crippen molar-refractivity contribution in [3.05, 3.63) is 18.0 Å². The average molecular weight is 262 g/mol. The Morgan fingerprint density at radius 2 is 2.32 bits per heavy atom. The van der Waals surface area contributed by atoms with Gasteiger partial charge in [0.05, 0.1) is 6.10 Å². The molecular formula is C12H14N4O3. The molecule has 0 atom stereocenters. The molecule has 1 N–H and O–H groups in total. The summed E-state index contributed by atoms with van der Waals surface area (Å²) >= 11 is 0. The smallest absolute Gasteiger partial charge is 0.329 e. The molecule has 19 heavy (non-hydrogen) atoms. The number of anilines is 1. The summed E-state index contributed by atoms with van der Waals surface area (Å²) in [6.45, 7) is 1.13. The molecule has 0 aromatic carbocycles. The molecule has 2 rings (SSSR count). The first-order chi connectivity index (χ1) is 9.19. The highest BCUT2D eigenvalue weighted by Crippen LogP contribution is 2.18. The number of ether oxygens (including phenoxy) is 1. The van der Waals surface area contributed by atoms with E-state index in [0.29, 0.717) is 24.7 Å². The molecule has 1 aromatic rings. The number of nitrogens with zero attached hydrogens (tertiary/aromatic N) is 4. The van der Waals surface area contributed by atoms with Gasteiger partial charge in [-0.3, -0.25) is 0 Å². The van der Waals surface area contributed by atoms with E-state index < -0.39 is 5.97 Å². The molecule has 100 valence electrons. The summed E-state index contributed by atoms with van der Waals surface area (Å²) < 4.78 is 5.25. The number of nitriles is 1. The van der Waals surface area contributed by atoms with E-state index in [0.717, 1.165) is 12.8 Å². The van der Waals surface area contributed by atoms with E-state index in [1.165, 1.54) is 0 Å². The first-order valence-corrected chi connectivity index (χ1v) is 6.00. The van der Waals surface area contributed by atoms with Gasteiger partial charge in [0.1, 0.15) is 18.4 Å². The second-order valence-electron chi connectivity index (χ2n) is 4.24. The van der Waals surface area contributed by atoms with Crippen molar-refractivity contribution in [3.8, 4) is 6.07 Å². The fourth-order valence-corrected chi connectivity index (χ4v) is 1.97. The first kappa shape index (κ1) is 13.2. The molecule has 0 radical (unpaired) electrons. The molecule has 1 fully saturated rings. The van der Waals surface area contributed by atoms with Crippen LogP contribution in [0.15, 0.2) is 12.3 Å². The molecule has 1 aliphatic heterocycles. The number of aliphatic carboxylic acids is 1. The van der Waals surface area contributed by atoms with E-state index in [1.807, 2.05) is 11.0 Å². The van der Waals surface area contributed by atoms with Gasteiger partial charge in [-0.2, -0.15) is 5.26 Å². The summed E-state index contributed by atoms with van der Waals surface area (Å²) in [6, 6.07) is 3.54. The van der Waals surface area contributed by atoms with Gasteiger partial charge in [-0.15, -0.1) is 0 Å². The van der Waals surface area contributed by atoms with E-state index in [2.05, 4.69) is 9.97 Å². The molecule has 1 saturated heterocycles. The first-order valence-electron chi connectivity index (χ1n) is 6.00. The Balaban J connectivity index is 1.89. The monoisotopic (exact) mass is 262 g/mol. The minimum atomic E-state index is -0.951. The summed E-state index contributed by atoms with van der Waals surface area (Å²) in [7, 11) is 0. The van der Waals surface area contributed by atoms with Crippen molar-refractivity contribution in [2.45, 2.75) is 18.9 Å². The van der Waals surface area contributed by atoms with Crippen LogP contribution in [0.5, 0.6) is 0 Å². The van der Waals surface area contributed by atoms with Crippen LogP contribution in [0.1, 0.15) is 18.5 Å². The maximum absolute atomic E-state index is 10.4. The SMILES string of the molecule is N#Cc1ccnc(N2CCC(OCC(=O)O)CC2)n1. The van der Waals surface area contributed by atoms with Gasteiger partial charge in [-0.1, -0.05) is 0 Å². The molecule has 7 nitrogen and oxygen atoms in total. The molecule has 0 bridgehead atoms. The highest BCUT2D eigenvalue weighted by atomic mass is 16.5. The molecule has 0 spiro atoms. The van der Waals surface area contributed by atoms with Crippen molar-refractivity contribution in [3.63, 3.8) is 0 Å². The third-order valence-electron chi connectivity index (χ3n) is 2.92. The van der Waals surface area contributed by atoms with Gasteiger partial charge in [0, 0.05) is 19.3 Å². The van der Waals surface area contributed by atoms with Gasteiger partial charge >= 0.3 is 5.97 Å². The Kier molecular flexibility index (Phi) is 4.26. The van der Waals surface area contributed by atoms with Crippen molar-refractivity contribution >= 4 is 11.9 Å². The lowest BCUT2D eigenvalue weighted by Gasteiger charge is -2.31. The van der Waals surface area contributed by atoms with Crippen LogP contribution in [0.4, 0.5) is 5.95 Å². The standard InChI is InChI=1S/C12H14N4O3/c13-7-9-1-4-14-12(15-9)16-5-2-10(3-6-16)19-8-11(17)18/h1,4,10H,2-3,5-6,8H2,(H,17,18). The van der Waals surface area contributed by atoms with Crippen molar-refractivity contribution in [2.75, 3.05) is 24.6 Å². The Hall–Kier alpha value is -2.20. The van der Waals surface area contributed by atoms with Crippen LogP contribution in [-0.4, -0.2) is 46.8 Å². The largest absolute Gasteiger partial charge is 0.480 e. The second kappa shape index (κ2) is 6.11. The minimum Gasteiger partial charge on any atom is -0.480 e. The van der Waals surface area contributed by atoms with Gasteiger partial charge < -0.3 is 14.7 Å². The van der Waals surface area contributed by atoms with Gasteiger partial charge in [0.25, 0.3) is 0 Å². The van der Waals surface area contributed by atoms with Crippen LogP contribution in [0.3, 0.4) is 0 Å². The highest BCUT2D eigenvalue weighted by Gasteiger charge is 2.22. The molecule has 0 saturated carbocycles. The summed E-state index contributed by atoms with van der Waals surface area (Å²) in [5.74, 6) is -0.414. The van der Waals surface area contributed by atoms with Crippen LogP contribution in [0.25, 0.3) is 0 Å². The zero-order valence-electron chi connectivity index (χ0n) is 10.3. The van der Waals surface area contributed by atoms with Crippen LogP contribution in [-0.2, 0) is 9.53 Å². The topological polar surface area (TPSA) is 99.3 Å². The van der Waals surface area contributed by atoms with Crippen LogP contribution in [0.2, 0.25) is 0 Å². The van der Waals surface area contributed by atoms with E-state index >= 15 is 0 Å². The molecule has 0 amide bonds. The Bertz CT molecular complexity index is 492. The number of aromatic nitrogens is 2. The lowest BCUT2D eigenvalue weighted by atomic mass is 10.1. The Labute approximate surface area is 110 Å². The van der Waals surface area contributed by atoms with E-state index in [1.54, 1.807) is 12.3 Å². The molecule has 1 aromatic heterocycles. The third kappa shape index (κ3) is 3.63. The zero-order chi connectivity index (χ0) is 13.7. The molecule has 7 heteroatoms. The van der Waals surface area contributed by atoms with Crippen molar-refractivity contribution in [2.24, 2.45) is 0 Å². The van der Waals surface area contributed by atoms with E-state index in [9.17, 15) is 4.79 Å². The van der Waals surface area contributed by atoms with Gasteiger partial charge in [-0.05, 0) is 18.9 Å². The van der Waals surface area contributed by atoms with E-state index in [-0.39, 0.29) is 12.7 Å². The number of carbonyl (C=O) groups is 1. The van der Waals surface area contributed by atoms with Crippen molar-refractivity contribution < 1.29 is 14.6 Å². The van der Waals surface area contributed by atoms with Crippen LogP contribution < -0.4 is 4.90 Å². The zero-order valence-corrected chi connectivity index (χ0v) is 10.3. The number of carboxylic acid groups (broad SMARTS) is 1. The van der Waals surface area contributed by atoms with Crippen molar-refractivity contribution in [1.82, 2.24) is 9.97 Å². The summed E-state index contributed by atoms with van der Waals surface area (Å²) in [5, 5.41) is 17.3. The molecular weight excluding hydrogens is 248 g/mol. The van der Waals surface area contributed by atoms with Gasteiger partial charge in [0.15, 0.2) is 0 Å². The summed E-state index contributed by atoms with van der Waals surface area (Å²) in [6.07, 6.45) is 2.99. The Morgan fingerprint density at radius 3 is 2.95 bits per heavy atom. The van der Waals surface area contributed by atoms with Gasteiger partial charge in [0.2, 0.25) is 5.95 Å². The fourth-order valence-electron chi connectivity index (χ4n) is 1.97. The van der Waals surface area contributed by atoms with E-state index in [4.69, 9.17) is 15.1 Å². The number of carboxylic acids is 1. The van der Waals surface area contributed by atoms with Crippen molar-refractivity contribution in [1.29, 1.82) is 5.26 Å². The maximum atomic E-state index is 10.4. The molecule has 0 aliphatic carbocycles. The molecule has 0 unspecified atom stereocenters. The normalized spacial score (nSPS) is 16.1. The van der Waals surface area contributed by atoms with Crippen LogP contribution in [0, 0.1) is 11.3 Å². The number of hydrogen-bond donors (Lipinski definition) is 1. The summed E-state index contributed by atoms with van der Waals surface area (Å²) in [4.78, 5) is 20.7. The highest BCUT2D eigenvalue weighted by molar-refractivity contribution is 5.68. The number of piperidine rings is 1.